The molecule has 0 radical (unpaired) electrons. The van der Waals surface area contributed by atoms with Crippen LogP contribution in [0.1, 0.15) is 10.4 Å². The summed E-state index contributed by atoms with van der Waals surface area (Å²) in [7, 11) is 0. The van der Waals surface area contributed by atoms with E-state index in [-0.39, 0.29) is 17.9 Å². The molecule has 0 saturated heterocycles. The molecule has 1 atom stereocenters. The maximum Gasteiger partial charge on any atom is 0.338 e. The van der Waals surface area contributed by atoms with E-state index in [4.69, 9.17) is 14.2 Å². The second-order valence-electron chi connectivity index (χ2n) is 5.66. The highest BCUT2D eigenvalue weighted by Crippen LogP contribution is 2.30. The molecule has 1 aliphatic heterocycles. The lowest BCUT2D eigenvalue weighted by molar-refractivity contribution is -0.384. The number of fused-ring (bicyclic) bond motifs is 1. The van der Waals surface area contributed by atoms with Gasteiger partial charge in [-0.15, -0.1) is 0 Å². The van der Waals surface area contributed by atoms with E-state index >= 15 is 0 Å². The van der Waals surface area contributed by atoms with E-state index in [2.05, 4.69) is 5.32 Å². The molecular weight excluding hydrogens is 372 g/mol. The fourth-order valence-corrected chi connectivity index (χ4v) is 2.34. The van der Waals surface area contributed by atoms with Crippen LogP contribution in [0, 0.1) is 10.1 Å². The second-order valence-corrected chi connectivity index (χ2v) is 5.66. The van der Waals surface area contributed by atoms with Gasteiger partial charge in [0.25, 0.3) is 17.5 Å². The summed E-state index contributed by atoms with van der Waals surface area (Å²) < 4.78 is 15.6. The number of non-ortho nitro benzene ring substituents is 1. The molecule has 0 spiro atoms. The molecule has 3 rings (SSSR count). The van der Waals surface area contributed by atoms with Gasteiger partial charge in [0.05, 0.1) is 10.5 Å². The number of imide groups is 1. The molecule has 0 unspecified atom stereocenters. The third-order valence-electron chi connectivity index (χ3n) is 3.71. The molecule has 0 aliphatic carbocycles. The standard InChI is InChI=1S/C18H14N2O8/c21-16(10-27-18(23)11-5-7-12(8-6-11)20(24)25)19-17(22)15-9-26-13-3-1-2-4-14(13)28-15/h1-8,15H,9-10H2,(H,19,21,22)/t15-/m1/s1. The van der Waals surface area contributed by atoms with E-state index in [1.165, 1.54) is 12.1 Å². The lowest BCUT2D eigenvalue weighted by atomic mass is 10.2. The Morgan fingerprint density at radius 3 is 2.46 bits per heavy atom. The topological polar surface area (TPSA) is 134 Å². The van der Waals surface area contributed by atoms with Crippen molar-refractivity contribution in [3.05, 3.63) is 64.2 Å². The van der Waals surface area contributed by atoms with Crippen molar-refractivity contribution >= 4 is 23.5 Å². The highest BCUT2D eigenvalue weighted by molar-refractivity contribution is 5.99. The quantitative estimate of drug-likeness (QED) is 0.461. The van der Waals surface area contributed by atoms with Gasteiger partial charge >= 0.3 is 5.97 Å². The molecule has 28 heavy (non-hydrogen) atoms. The zero-order valence-electron chi connectivity index (χ0n) is 14.3. The Morgan fingerprint density at radius 2 is 1.79 bits per heavy atom. The van der Waals surface area contributed by atoms with Crippen molar-refractivity contribution in [2.24, 2.45) is 0 Å². The number of nitrogens with zero attached hydrogens (tertiary/aromatic N) is 1. The molecule has 0 aromatic heterocycles. The van der Waals surface area contributed by atoms with Gasteiger partial charge in [-0.1, -0.05) is 12.1 Å². The van der Waals surface area contributed by atoms with Gasteiger partial charge in [0, 0.05) is 12.1 Å². The maximum atomic E-state index is 12.1. The Balaban J connectivity index is 1.48. The number of carbonyl (C=O) groups is 3. The third kappa shape index (κ3) is 4.41. The van der Waals surface area contributed by atoms with Crippen molar-refractivity contribution in [2.45, 2.75) is 6.10 Å². The van der Waals surface area contributed by atoms with Crippen molar-refractivity contribution in [2.75, 3.05) is 13.2 Å². The van der Waals surface area contributed by atoms with Gasteiger partial charge in [-0.3, -0.25) is 25.0 Å². The number of nitro benzene ring substituents is 1. The van der Waals surface area contributed by atoms with E-state index in [0.717, 1.165) is 12.1 Å². The van der Waals surface area contributed by atoms with Gasteiger partial charge in [-0.05, 0) is 24.3 Å². The summed E-state index contributed by atoms with van der Waals surface area (Å²) in [5.41, 5.74) is -0.151. The van der Waals surface area contributed by atoms with Gasteiger partial charge in [-0.25, -0.2) is 4.79 Å². The SMILES string of the molecule is O=C(COC(=O)c1ccc([N+](=O)[O-])cc1)NC(=O)[C@H]1COc2ccccc2O1. The van der Waals surface area contributed by atoms with Crippen LogP contribution in [0.15, 0.2) is 48.5 Å². The lowest BCUT2D eigenvalue weighted by Gasteiger charge is -2.25. The first-order valence-corrected chi connectivity index (χ1v) is 8.08. The third-order valence-corrected chi connectivity index (χ3v) is 3.71. The summed E-state index contributed by atoms with van der Waals surface area (Å²) in [5, 5.41) is 12.6. The predicted molar refractivity (Wildman–Crippen MR) is 92.9 cm³/mol. The molecule has 2 amide bonds. The molecule has 1 aliphatic rings. The first kappa shape index (κ1) is 18.8. The molecule has 2 aromatic rings. The largest absolute Gasteiger partial charge is 0.485 e. The minimum absolute atomic E-state index is 0.0327. The van der Waals surface area contributed by atoms with Crippen molar-refractivity contribution in [1.82, 2.24) is 5.32 Å². The van der Waals surface area contributed by atoms with Crippen LogP contribution in [0.2, 0.25) is 0 Å². The normalized spacial score (nSPS) is 14.6. The smallest absolute Gasteiger partial charge is 0.338 e. The fraction of sp³-hybridized carbons (Fsp3) is 0.167. The van der Waals surface area contributed by atoms with Crippen molar-refractivity contribution in [1.29, 1.82) is 0 Å². The number of ether oxygens (including phenoxy) is 3. The van der Waals surface area contributed by atoms with Gasteiger partial charge in [0.2, 0.25) is 6.10 Å². The Hall–Kier alpha value is -3.95. The minimum Gasteiger partial charge on any atom is -0.485 e. The zero-order chi connectivity index (χ0) is 20.1. The zero-order valence-corrected chi connectivity index (χ0v) is 14.3. The van der Waals surface area contributed by atoms with Gasteiger partial charge in [0.15, 0.2) is 18.1 Å². The number of nitrogens with one attached hydrogen (secondary N) is 1. The average Bonchev–Trinajstić information content (AvgIpc) is 2.71. The van der Waals surface area contributed by atoms with E-state index in [9.17, 15) is 24.5 Å². The Morgan fingerprint density at radius 1 is 1.11 bits per heavy atom. The molecule has 2 aromatic carbocycles. The van der Waals surface area contributed by atoms with E-state index in [0.29, 0.717) is 11.5 Å². The summed E-state index contributed by atoms with van der Waals surface area (Å²) in [6, 6.07) is 11.5. The van der Waals surface area contributed by atoms with Gasteiger partial charge in [-0.2, -0.15) is 0 Å². The second kappa shape index (κ2) is 8.16. The Labute approximate surface area is 158 Å². The van der Waals surface area contributed by atoms with E-state index in [1.807, 2.05) is 0 Å². The number of rotatable bonds is 5. The van der Waals surface area contributed by atoms with E-state index < -0.39 is 35.4 Å². The summed E-state index contributed by atoms with van der Waals surface area (Å²) in [4.78, 5) is 45.7. The monoisotopic (exact) mass is 386 g/mol. The molecule has 0 bridgehead atoms. The molecule has 1 heterocycles. The van der Waals surface area contributed by atoms with Crippen LogP contribution in [0.25, 0.3) is 0 Å². The van der Waals surface area contributed by atoms with Crippen LogP contribution in [0.5, 0.6) is 11.5 Å². The average molecular weight is 386 g/mol. The molecule has 10 heteroatoms. The summed E-state index contributed by atoms with van der Waals surface area (Å²) >= 11 is 0. The number of nitro groups is 1. The molecule has 0 saturated carbocycles. The van der Waals surface area contributed by atoms with Crippen LogP contribution in [0.3, 0.4) is 0 Å². The number of hydrogen-bond acceptors (Lipinski definition) is 8. The molecule has 144 valence electrons. The maximum absolute atomic E-state index is 12.1. The fourth-order valence-electron chi connectivity index (χ4n) is 2.34. The highest BCUT2D eigenvalue weighted by atomic mass is 16.6. The number of benzene rings is 2. The lowest BCUT2D eigenvalue weighted by Crippen LogP contribution is -2.47. The Kier molecular flexibility index (Phi) is 5.49. The molecule has 0 fully saturated rings. The van der Waals surface area contributed by atoms with Crippen LogP contribution in [0.4, 0.5) is 5.69 Å². The van der Waals surface area contributed by atoms with Crippen LogP contribution in [-0.4, -0.2) is 42.0 Å². The van der Waals surface area contributed by atoms with Crippen LogP contribution >= 0.6 is 0 Å². The number of amides is 2. The number of para-hydroxylation sites is 2. The number of esters is 1. The molecule has 1 N–H and O–H groups in total. The molecule has 10 nitrogen and oxygen atoms in total. The minimum atomic E-state index is -1.02. The highest BCUT2D eigenvalue weighted by Gasteiger charge is 2.28. The summed E-state index contributed by atoms with van der Waals surface area (Å²) in [6.07, 6.45) is -1.02. The Bertz CT molecular complexity index is 925. The van der Waals surface area contributed by atoms with Crippen molar-refractivity contribution in [3.63, 3.8) is 0 Å². The molecular formula is C18H14N2O8. The first-order valence-electron chi connectivity index (χ1n) is 8.08. The van der Waals surface area contributed by atoms with Crippen LogP contribution in [-0.2, 0) is 14.3 Å². The first-order chi connectivity index (χ1) is 13.4. The summed E-state index contributed by atoms with van der Waals surface area (Å²) in [5.74, 6) is -1.56. The number of carbonyl (C=O) groups excluding carboxylic acids is 3. The summed E-state index contributed by atoms with van der Waals surface area (Å²) in [6.45, 7) is -0.773. The van der Waals surface area contributed by atoms with E-state index in [1.54, 1.807) is 24.3 Å². The van der Waals surface area contributed by atoms with Crippen molar-refractivity contribution < 1.29 is 33.5 Å². The number of hydrogen-bond donors (Lipinski definition) is 1. The van der Waals surface area contributed by atoms with Crippen molar-refractivity contribution in [3.8, 4) is 11.5 Å². The van der Waals surface area contributed by atoms with Gasteiger partial charge < -0.3 is 14.2 Å². The van der Waals surface area contributed by atoms with Crippen LogP contribution < -0.4 is 14.8 Å². The predicted octanol–water partition coefficient (Wildman–Crippen LogP) is 1.23. The van der Waals surface area contributed by atoms with Gasteiger partial charge in [0.1, 0.15) is 6.61 Å².